The van der Waals surface area contributed by atoms with Crippen molar-refractivity contribution in [3.05, 3.63) is 41.2 Å². The highest BCUT2D eigenvalue weighted by Crippen LogP contribution is 2.34. The van der Waals surface area contributed by atoms with Crippen LogP contribution in [0.1, 0.15) is 29.7 Å². The summed E-state index contributed by atoms with van der Waals surface area (Å²) in [5.41, 5.74) is 1.46. The van der Waals surface area contributed by atoms with Crippen LogP contribution < -0.4 is 0 Å². The molecule has 0 unspecified atom stereocenters. The summed E-state index contributed by atoms with van der Waals surface area (Å²) >= 11 is 0. The zero-order valence-corrected chi connectivity index (χ0v) is 13.4. The number of nitrogens with zero attached hydrogens (tertiary/aromatic N) is 3. The summed E-state index contributed by atoms with van der Waals surface area (Å²) in [6.07, 6.45) is 4.77. The molecule has 1 aromatic carbocycles. The molecule has 1 saturated heterocycles. The summed E-state index contributed by atoms with van der Waals surface area (Å²) in [6, 6.07) is 5.37. The summed E-state index contributed by atoms with van der Waals surface area (Å²) in [5, 5.41) is 20.7. The standard InChI is InChI=1S/C15H18N4O3S/c20-15(14-9-16-18-17-14)6-7-19(10-15)23(21,22)13-5-4-11-2-1-3-12(11)8-13/h4-5,8-9,20H,1-3,6-7,10H2,(H,16,17,18)/t15-/m0/s1. The molecule has 1 atom stereocenters. The molecule has 1 aliphatic carbocycles. The number of hydrogen-bond donors (Lipinski definition) is 2. The SMILES string of the molecule is O=S(=O)(c1ccc2c(c1)CCC2)N1CC[C@@](O)(c2cn[nH]n2)C1. The van der Waals surface area contributed by atoms with Gasteiger partial charge in [-0.2, -0.15) is 19.7 Å². The number of hydrogen-bond acceptors (Lipinski definition) is 5. The summed E-state index contributed by atoms with van der Waals surface area (Å²) < 4.78 is 27.1. The van der Waals surface area contributed by atoms with E-state index in [4.69, 9.17) is 0 Å². The van der Waals surface area contributed by atoms with Crippen LogP contribution in [0.2, 0.25) is 0 Å². The minimum Gasteiger partial charge on any atom is -0.382 e. The number of H-pyrrole nitrogens is 1. The van der Waals surface area contributed by atoms with E-state index >= 15 is 0 Å². The molecule has 7 nitrogen and oxygen atoms in total. The maximum Gasteiger partial charge on any atom is 0.243 e. The Hall–Kier alpha value is -1.77. The zero-order chi connectivity index (χ0) is 16.1. The molecule has 1 fully saturated rings. The molecule has 2 aromatic rings. The lowest BCUT2D eigenvalue weighted by Gasteiger charge is -2.21. The molecule has 0 saturated carbocycles. The number of β-amino-alcohol motifs (C(OH)–C–C–N with tert-alkyl or cyclic N) is 1. The molecule has 2 N–H and O–H groups in total. The number of rotatable bonds is 3. The number of benzene rings is 1. The van der Waals surface area contributed by atoms with Crippen molar-refractivity contribution in [1.29, 1.82) is 0 Å². The fourth-order valence-corrected chi connectivity index (χ4v) is 5.00. The van der Waals surface area contributed by atoms with Crippen LogP contribution in [-0.2, 0) is 28.5 Å². The van der Waals surface area contributed by atoms with E-state index in [1.807, 2.05) is 6.07 Å². The van der Waals surface area contributed by atoms with E-state index in [2.05, 4.69) is 15.4 Å². The van der Waals surface area contributed by atoms with Crippen molar-refractivity contribution in [2.75, 3.05) is 13.1 Å². The van der Waals surface area contributed by atoms with E-state index in [-0.39, 0.29) is 13.1 Å². The van der Waals surface area contributed by atoms with Crippen LogP contribution in [0.15, 0.2) is 29.3 Å². The molecular weight excluding hydrogens is 316 g/mol. The molecule has 0 spiro atoms. The van der Waals surface area contributed by atoms with Crippen LogP contribution in [-0.4, -0.2) is 46.3 Å². The van der Waals surface area contributed by atoms with Crippen LogP contribution in [0.3, 0.4) is 0 Å². The van der Waals surface area contributed by atoms with Crippen LogP contribution in [0, 0.1) is 0 Å². The van der Waals surface area contributed by atoms with Gasteiger partial charge in [-0.05, 0) is 48.9 Å². The van der Waals surface area contributed by atoms with Gasteiger partial charge in [0.2, 0.25) is 10.0 Å². The quantitative estimate of drug-likeness (QED) is 0.855. The number of fused-ring (bicyclic) bond motifs is 1. The molecule has 122 valence electrons. The second-order valence-corrected chi connectivity index (χ2v) is 8.20. The third-order valence-corrected chi connectivity index (χ3v) is 6.65. The van der Waals surface area contributed by atoms with Crippen molar-refractivity contribution in [2.24, 2.45) is 0 Å². The van der Waals surface area contributed by atoms with Crippen molar-refractivity contribution in [2.45, 2.75) is 36.2 Å². The summed E-state index contributed by atoms with van der Waals surface area (Å²) in [5.74, 6) is 0. The van der Waals surface area contributed by atoms with Gasteiger partial charge in [-0.25, -0.2) is 8.42 Å². The highest BCUT2D eigenvalue weighted by molar-refractivity contribution is 7.89. The maximum absolute atomic E-state index is 12.9. The first-order valence-electron chi connectivity index (χ1n) is 7.70. The molecule has 2 heterocycles. The minimum atomic E-state index is -3.61. The Labute approximate surface area is 134 Å². The van der Waals surface area contributed by atoms with E-state index < -0.39 is 15.6 Å². The lowest BCUT2D eigenvalue weighted by molar-refractivity contribution is 0.0485. The lowest BCUT2D eigenvalue weighted by Crippen LogP contribution is -2.34. The van der Waals surface area contributed by atoms with Crippen molar-refractivity contribution in [3.8, 4) is 0 Å². The second-order valence-electron chi connectivity index (χ2n) is 6.26. The van der Waals surface area contributed by atoms with Gasteiger partial charge in [0.15, 0.2) is 0 Å². The summed E-state index contributed by atoms with van der Waals surface area (Å²) in [4.78, 5) is 0.308. The van der Waals surface area contributed by atoms with Crippen LogP contribution in [0.5, 0.6) is 0 Å². The Morgan fingerprint density at radius 3 is 2.87 bits per heavy atom. The topological polar surface area (TPSA) is 99.2 Å². The van der Waals surface area contributed by atoms with Gasteiger partial charge in [0, 0.05) is 13.1 Å². The van der Waals surface area contributed by atoms with Crippen molar-refractivity contribution in [1.82, 2.24) is 19.7 Å². The van der Waals surface area contributed by atoms with Gasteiger partial charge in [-0.15, -0.1) is 0 Å². The third kappa shape index (κ3) is 2.37. The van der Waals surface area contributed by atoms with Crippen LogP contribution in [0.25, 0.3) is 0 Å². The van der Waals surface area contributed by atoms with Crippen molar-refractivity contribution < 1.29 is 13.5 Å². The third-order valence-electron chi connectivity index (χ3n) is 4.81. The molecule has 8 heteroatoms. The fourth-order valence-electron chi connectivity index (χ4n) is 3.46. The van der Waals surface area contributed by atoms with Gasteiger partial charge >= 0.3 is 0 Å². The van der Waals surface area contributed by atoms with Gasteiger partial charge in [-0.1, -0.05) is 6.07 Å². The van der Waals surface area contributed by atoms with E-state index in [0.29, 0.717) is 17.0 Å². The average Bonchev–Trinajstić information content (AvgIpc) is 3.27. The Kier molecular flexibility index (Phi) is 3.29. The van der Waals surface area contributed by atoms with E-state index in [1.54, 1.807) is 12.1 Å². The van der Waals surface area contributed by atoms with Gasteiger partial charge in [0.1, 0.15) is 11.3 Å². The Morgan fingerprint density at radius 2 is 2.09 bits per heavy atom. The molecule has 23 heavy (non-hydrogen) atoms. The molecule has 0 radical (unpaired) electrons. The van der Waals surface area contributed by atoms with Gasteiger partial charge in [0.25, 0.3) is 0 Å². The number of aliphatic hydroxyl groups is 1. The second kappa shape index (κ2) is 5.12. The Balaban J connectivity index is 1.63. The van der Waals surface area contributed by atoms with E-state index in [1.165, 1.54) is 16.1 Å². The number of nitrogens with one attached hydrogen (secondary N) is 1. The van der Waals surface area contributed by atoms with Gasteiger partial charge in [0.05, 0.1) is 11.1 Å². The van der Waals surface area contributed by atoms with E-state index in [9.17, 15) is 13.5 Å². The van der Waals surface area contributed by atoms with Crippen LogP contribution in [0.4, 0.5) is 0 Å². The predicted molar refractivity (Wildman–Crippen MR) is 82.1 cm³/mol. The van der Waals surface area contributed by atoms with Crippen molar-refractivity contribution in [3.63, 3.8) is 0 Å². The molecular formula is C15H18N4O3S. The first-order valence-corrected chi connectivity index (χ1v) is 9.14. The normalized spacial score (nSPS) is 24.9. The first kappa shape index (κ1) is 14.8. The smallest absolute Gasteiger partial charge is 0.243 e. The minimum absolute atomic E-state index is 0.00104. The van der Waals surface area contributed by atoms with Crippen LogP contribution >= 0.6 is 0 Å². The van der Waals surface area contributed by atoms with E-state index in [0.717, 1.165) is 24.8 Å². The molecule has 0 bridgehead atoms. The number of aromatic amines is 1. The lowest BCUT2D eigenvalue weighted by atomic mass is 10.0. The number of sulfonamides is 1. The fraction of sp³-hybridized carbons (Fsp3) is 0.467. The zero-order valence-electron chi connectivity index (χ0n) is 12.6. The highest BCUT2D eigenvalue weighted by Gasteiger charge is 2.44. The maximum atomic E-state index is 12.9. The molecule has 1 aliphatic heterocycles. The Bertz CT molecular complexity index is 834. The molecule has 4 rings (SSSR count). The first-order chi connectivity index (χ1) is 11.0. The summed E-state index contributed by atoms with van der Waals surface area (Å²) in [6.45, 7) is 0.266. The van der Waals surface area contributed by atoms with Gasteiger partial charge < -0.3 is 5.11 Å². The number of aryl methyl sites for hydroxylation is 2. The van der Waals surface area contributed by atoms with Gasteiger partial charge in [-0.3, -0.25) is 0 Å². The summed E-state index contributed by atoms with van der Waals surface area (Å²) in [7, 11) is -3.61. The monoisotopic (exact) mass is 334 g/mol. The predicted octanol–water partition coefficient (Wildman–Crippen LogP) is 0.576. The average molecular weight is 334 g/mol. The molecule has 2 aliphatic rings. The van der Waals surface area contributed by atoms with Crippen molar-refractivity contribution >= 4 is 10.0 Å². The number of aromatic nitrogens is 3. The molecule has 1 aromatic heterocycles. The highest BCUT2D eigenvalue weighted by atomic mass is 32.2. The Morgan fingerprint density at radius 1 is 1.26 bits per heavy atom. The largest absolute Gasteiger partial charge is 0.382 e. The molecule has 0 amide bonds.